The van der Waals surface area contributed by atoms with Crippen LogP contribution < -0.4 is 5.32 Å². The first-order chi connectivity index (χ1) is 10.6. The molecule has 0 aromatic carbocycles. The molecule has 0 aliphatic carbocycles. The third-order valence-corrected chi connectivity index (χ3v) is 5.11. The Balaban J connectivity index is 1.79. The smallest absolute Gasteiger partial charge is 0.258 e. The quantitative estimate of drug-likeness (QED) is 0.912. The second kappa shape index (κ2) is 6.08. The minimum atomic E-state index is 0.0764. The Labute approximate surface area is 134 Å². The van der Waals surface area contributed by atoms with Crippen molar-refractivity contribution in [2.45, 2.75) is 32.6 Å². The molecule has 0 radical (unpaired) electrons. The lowest BCUT2D eigenvalue weighted by Crippen LogP contribution is -2.39. The molecule has 3 heterocycles. The monoisotopic (exact) mass is 319 g/mol. The number of nitrogens with zero attached hydrogens (tertiary/aromatic N) is 3. The second-order valence-corrected chi connectivity index (χ2v) is 6.56. The number of rotatable bonds is 3. The van der Waals surface area contributed by atoms with E-state index in [1.165, 1.54) is 11.5 Å². The van der Waals surface area contributed by atoms with Crippen molar-refractivity contribution < 1.29 is 4.79 Å². The first-order valence-corrected chi connectivity index (χ1v) is 8.32. The van der Waals surface area contributed by atoms with E-state index in [1.807, 2.05) is 25.8 Å². The first kappa shape index (κ1) is 15.0. The van der Waals surface area contributed by atoms with Gasteiger partial charge in [0.15, 0.2) is 0 Å². The standard InChI is InChI=1S/C15H21N5OS/c1-9-7-12(18-17-9)11-5-4-6-20(8-11)15(21)13-10(2)19-22-14(13)16-3/h7,11,16H,4-6,8H2,1-3H3,(H,17,18)/t11-/m1/s1. The Kier molecular flexibility index (Phi) is 4.15. The number of hydrogen-bond acceptors (Lipinski definition) is 5. The molecule has 1 fully saturated rings. The maximum atomic E-state index is 12.9. The summed E-state index contributed by atoms with van der Waals surface area (Å²) in [6.45, 7) is 5.42. The number of aromatic nitrogens is 3. The molecule has 22 heavy (non-hydrogen) atoms. The van der Waals surface area contributed by atoms with Crippen molar-refractivity contribution in [1.29, 1.82) is 0 Å². The van der Waals surface area contributed by atoms with Gasteiger partial charge in [0.2, 0.25) is 0 Å². The fraction of sp³-hybridized carbons (Fsp3) is 0.533. The summed E-state index contributed by atoms with van der Waals surface area (Å²) < 4.78 is 4.30. The van der Waals surface area contributed by atoms with Gasteiger partial charge in [0.1, 0.15) is 5.00 Å². The summed E-state index contributed by atoms with van der Waals surface area (Å²) >= 11 is 1.34. The number of hydrogen-bond donors (Lipinski definition) is 2. The van der Waals surface area contributed by atoms with Crippen LogP contribution in [0.25, 0.3) is 0 Å². The molecule has 6 nitrogen and oxygen atoms in total. The average molecular weight is 319 g/mol. The summed E-state index contributed by atoms with van der Waals surface area (Å²) in [4.78, 5) is 14.8. The summed E-state index contributed by atoms with van der Waals surface area (Å²) in [6.07, 6.45) is 2.08. The zero-order valence-corrected chi connectivity index (χ0v) is 14.0. The van der Waals surface area contributed by atoms with Crippen molar-refractivity contribution in [3.63, 3.8) is 0 Å². The molecule has 1 amide bonds. The molecule has 7 heteroatoms. The van der Waals surface area contributed by atoms with Crippen LogP contribution in [0.4, 0.5) is 5.00 Å². The Hall–Kier alpha value is -1.89. The zero-order chi connectivity index (χ0) is 15.7. The Bertz CT molecular complexity index is 677. The van der Waals surface area contributed by atoms with Crippen LogP contribution in [0, 0.1) is 13.8 Å². The highest BCUT2D eigenvalue weighted by Gasteiger charge is 2.29. The highest BCUT2D eigenvalue weighted by atomic mass is 32.1. The highest BCUT2D eigenvalue weighted by Crippen LogP contribution is 2.30. The van der Waals surface area contributed by atoms with Crippen LogP contribution in [0.2, 0.25) is 0 Å². The average Bonchev–Trinajstić information content (AvgIpc) is 3.12. The molecule has 2 aromatic heterocycles. The van der Waals surface area contributed by atoms with Gasteiger partial charge >= 0.3 is 0 Å². The molecule has 3 rings (SSSR count). The van der Waals surface area contributed by atoms with Gasteiger partial charge in [-0.15, -0.1) is 0 Å². The van der Waals surface area contributed by atoms with Gasteiger partial charge in [0.05, 0.1) is 17.0 Å². The van der Waals surface area contributed by atoms with Crippen molar-refractivity contribution in [1.82, 2.24) is 19.5 Å². The van der Waals surface area contributed by atoms with Crippen LogP contribution >= 0.6 is 11.5 Å². The van der Waals surface area contributed by atoms with Crippen molar-refractivity contribution in [2.75, 3.05) is 25.5 Å². The largest absolute Gasteiger partial charge is 0.378 e. The number of nitrogens with one attached hydrogen (secondary N) is 2. The van der Waals surface area contributed by atoms with E-state index in [0.29, 0.717) is 11.5 Å². The normalized spacial score (nSPS) is 18.5. The van der Waals surface area contributed by atoms with Crippen LogP contribution in [0.1, 0.15) is 46.2 Å². The van der Waals surface area contributed by atoms with E-state index in [0.717, 1.165) is 48.0 Å². The minimum absolute atomic E-state index is 0.0764. The molecular formula is C15H21N5OS. The molecule has 1 saturated heterocycles. The Morgan fingerprint density at radius 2 is 2.32 bits per heavy atom. The van der Waals surface area contributed by atoms with Crippen LogP contribution in [0.15, 0.2) is 6.07 Å². The fourth-order valence-corrected chi connectivity index (χ4v) is 3.74. The molecule has 0 spiro atoms. The van der Waals surface area contributed by atoms with Gasteiger partial charge in [-0.1, -0.05) is 0 Å². The summed E-state index contributed by atoms with van der Waals surface area (Å²) in [5.41, 5.74) is 3.64. The number of aromatic amines is 1. The molecule has 2 aromatic rings. The Morgan fingerprint density at radius 3 is 3.00 bits per heavy atom. The molecule has 1 atom stereocenters. The van der Waals surface area contributed by atoms with E-state index < -0.39 is 0 Å². The van der Waals surface area contributed by atoms with E-state index in [9.17, 15) is 4.79 Å². The van der Waals surface area contributed by atoms with Crippen LogP contribution in [-0.4, -0.2) is 45.5 Å². The number of carbonyl (C=O) groups excluding carboxylic acids is 1. The van der Waals surface area contributed by atoms with E-state index in [4.69, 9.17) is 0 Å². The number of likely N-dealkylation sites (tertiary alicyclic amines) is 1. The summed E-state index contributed by atoms with van der Waals surface area (Å²) in [7, 11) is 1.83. The Morgan fingerprint density at radius 1 is 1.50 bits per heavy atom. The predicted molar refractivity (Wildman–Crippen MR) is 87.6 cm³/mol. The maximum absolute atomic E-state index is 12.9. The number of anilines is 1. The first-order valence-electron chi connectivity index (χ1n) is 7.55. The van der Waals surface area contributed by atoms with Crippen LogP contribution in [0.3, 0.4) is 0 Å². The molecule has 0 saturated carbocycles. The van der Waals surface area contributed by atoms with E-state index in [-0.39, 0.29) is 5.91 Å². The van der Waals surface area contributed by atoms with E-state index in [2.05, 4.69) is 26.0 Å². The molecular weight excluding hydrogens is 298 g/mol. The van der Waals surface area contributed by atoms with Crippen molar-refractivity contribution >= 4 is 22.4 Å². The molecule has 0 bridgehead atoms. The third kappa shape index (κ3) is 2.72. The van der Waals surface area contributed by atoms with Gasteiger partial charge in [-0.3, -0.25) is 9.89 Å². The number of piperidine rings is 1. The summed E-state index contributed by atoms with van der Waals surface area (Å²) in [5, 5.41) is 11.3. The number of carbonyl (C=O) groups is 1. The van der Waals surface area contributed by atoms with E-state index in [1.54, 1.807) is 0 Å². The second-order valence-electron chi connectivity index (χ2n) is 5.79. The molecule has 2 N–H and O–H groups in total. The van der Waals surface area contributed by atoms with Gasteiger partial charge in [0, 0.05) is 31.7 Å². The van der Waals surface area contributed by atoms with Gasteiger partial charge in [-0.05, 0) is 44.3 Å². The topological polar surface area (TPSA) is 73.9 Å². The maximum Gasteiger partial charge on any atom is 0.258 e. The van der Waals surface area contributed by atoms with Gasteiger partial charge in [0.25, 0.3) is 5.91 Å². The minimum Gasteiger partial charge on any atom is -0.378 e. The molecule has 0 unspecified atom stereocenters. The molecule has 1 aliphatic rings. The van der Waals surface area contributed by atoms with Crippen LogP contribution in [0.5, 0.6) is 0 Å². The van der Waals surface area contributed by atoms with Gasteiger partial charge in [-0.2, -0.15) is 9.47 Å². The lowest BCUT2D eigenvalue weighted by Gasteiger charge is -2.32. The van der Waals surface area contributed by atoms with Gasteiger partial charge in [-0.25, -0.2) is 0 Å². The number of aryl methyl sites for hydroxylation is 2. The lowest BCUT2D eigenvalue weighted by molar-refractivity contribution is 0.0706. The van der Waals surface area contributed by atoms with Crippen molar-refractivity contribution in [2.24, 2.45) is 0 Å². The predicted octanol–water partition coefficient (Wildman–Crippen LogP) is 2.54. The third-order valence-electron chi connectivity index (χ3n) is 4.16. The van der Waals surface area contributed by atoms with E-state index >= 15 is 0 Å². The molecule has 1 aliphatic heterocycles. The number of amides is 1. The van der Waals surface area contributed by atoms with Gasteiger partial charge < -0.3 is 10.2 Å². The summed E-state index contributed by atoms with van der Waals surface area (Å²) in [6, 6.07) is 2.08. The van der Waals surface area contributed by atoms with Crippen molar-refractivity contribution in [3.05, 3.63) is 28.7 Å². The number of H-pyrrole nitrogens is 1. The SMILES string of the molecule is CNc1snc(C)c1C(=O)N1CCC[C@@H](c2cc(C)[nH]n2)C1. The van der Waals surface area contributed by atoms with Crippen molar-refractivity contribution in [3.8, 4) is 0 Å². The molecule has 118 valence electrons. The summed E-state index contributed by atoms with van der Waals surface area (Å²) in [5.74, 6) is 0.389. The highest BCUT2D eigenvalue weighted by molar-refractivity contribution is 7.10. The fourth-order valence-electron chi connectivity index (χ4n) is 3.00. The zero-order valence-electron chi connectivity index (χ0n) is 13.1. The van der Waals surface area contributed by atoms with Crippen LogP contribution in [-0.2, 0) is 0 Å². The lowest BCUT2D eigenvalue weighted by atomic mass is 9.94.